The molecule has 0 aromatic heterocycles. The average Bonchev–Trinajstić information content (AvgIpc) is 2.90. The number of carbonyl (C=O) groups excluding carboxylic acids is 1. The van der Waals surface area contributed by atoms with Crippen LogP contribution in [-0.4, -0.2) is 25.8 Å². The summed E-state index contributed by atoms with van der Waals surface area (Å²) < 4.78 is 10.7. The van der Waals surface area contributed by atoms with Crippen LogP contribution in [0.5, 0.6) is 11.5 Å². The summed E-state index contributed by atoms with van der Waals surface area (Å²) in [4.78, 5) is 11.4. The van der Waals surface area contributed by atoms with E-state index in [0.29, 0.717) is 13.3 Å². The molecule has 20 heavy (non-hydrogen) atoms. The summed E-state index contributed by atoms with van der Waals surface area (Å²) in [6.45, 7) is 7.51. The SMILES string of the molecule is CC(C)C(=O)NCCNC(C)c1ccc2c(c1)OCO2. The third-order valence-electron chi connectivity index (χ3n) is 3.30. The number of benzene rings is 1. The van der Waals surface area contributed by atoms with Crippen molar-refractivity contribution in [3.63, 3.8) is 0 Å². The van der Waals surface area contributed by atoms with Crippen LogP contribution in [0.3, 0.4) is 0 Å². The van der Waals surface area contributed by atoms with Crippen molar-refractivity contribution >= 4 is 5.91 Å². The molecule has 1 unspecified atom stereocenters. The summed E-state index contributed by atoms with van der Waals surface area (Å²) in [7, 11) is 0. The molecule has 2 N–H and O–H groups in total. The third kappa shape index (κ3) is 3.63. The zero-order valence-corrected chi connectivity index (χ0v) is 12.2. The Bertz CT molecular complexity index is 474. The minimum absolute atomic E-state index is 0.0290. The van der Waals surface area contributed by atoms with E-state index < -0.39 is 0 Å². The minimum Gasteiger partial charge on any atom is -0.454 e. The van der Waals surface area contributed by atoms with Gasteiger partial charge in [0.25, 0.3) is 0 Å². The van der Waals surface area contributed by atoms with E-state index >= 15 is 0 Å². The lowest BCUT2D eigenvalue weighted by Crippen LogP contribution is -2.35. The van der Waals surface area contributed by atoms with Crippen molar-refractivity contribution in [3.05, 3.63) is 23.8 Å². The van der Waals surface area contributed by atoms with Gasteiger partial charge in [0.05, 0.1) is 0 Å². The molecule has 1 aromatic carbocycles. The second kappa shape index (κ2) is 6.61. The Hall–Kier alpha value is -1.75. The third-order valence-corrected chi connectivity index (χ3v) is 3.30. The first-order chi connectivity index (χ1) is 9.58. The lowest BCUT2D eigenvalue weighted by molar-refractivity contribution is -0.123. The number of ether oxygens (including phenoxy) is 2. The fourth-order valence-corrected chi connectivity index (χ4v) is 1.98. The normalized spacial score (nSPS) is 14.4. The van der Waals surface area contributed by atoms with Gasteiger partial charge in [0.1, 0.15) is 0 Å². The predicted molar refractivity (Wildman–Crippen MR) is 76.8 cm³/mol. The quantitative estimate of drug-likeness (QED) is 0.780. The van der Waals surface area contributed by atoms with Gasteiger partial charge in [-0.25, -0.2) is 0 Å². The van der Waals surface area contributed by atoms with Crippen molar-refractivity contribution in [3.8, 4) is 11.5 Å². The summed E-state index contributed by atoms with van der Waals surface area (Å²) >= 11 is 0. The van der Waals surface area contributed by atoms with Crippen molar-refractivity contribution in [2.75, 3.05) is 19.9 Å². The van der Waals surface area contributed by atoms with E-state index in [9.17, 15) is 4.79 Å². The van der Waals surface area contributed by atoms with Gasteiger partial charge >= 0.3 is 0 Å². The molecule has 0 radical (unpaired) electrons. The van der Waals surface area contributed by atoms with E-state index in [1.807, 2.05) is 32.0 Å². The van der Waals surface area contributed by atoms with Crippen LogP contribution in [0.15, 0.2) is 18.2 Å². The number of hydrogen-bond donors (Lipinski definition) is 2. The van der Waals surface area contributed by atoms with E-state index in [4.69, 9.17) is 9.47 Å². The van der Waals surface area contributed by atoms with Crippen LogP contribution in [0.2, 0.25) is 0 Å². The van der Waals surface area contributed by atoms with Gasteiger partial charge in [0.15, 0.2) is 11.5 Å². The summed E-state index contributed by atoms with van der Waals surface area (Å²) in [5, 5.41) is 6.26. The van der Waals surface area contributed by atoms with Crippen LogP contribution in [0, 0.1) is 5.92 Å². The van der Waals surface area contributed by atoms with Gasteiger partial charge in [-0.1, -0.05) is 19.9 Å². The van der Waals surface area contributed by atoms with E-state index in [0.717, 1.165) is 23.6 Å². The van der Waals surface area contributed by atoms with E-state index in [1.165, 1.54) is 0 Å². The van der Waals surface area contributed by atoms with Crippen LogP contribution in [0.4, 0.5) is 0 Å². The molecule has 0 bridgehead atoms. The smallest absolute Gasteiger partial charge is 0.231 e. The van der Waals surface area contributed by atoms with Crippen LogP contribution >= 0.6 is 0 Å². The molecule has 0 saturated heterocycles. The predicted octanol–water partition coefficient (Wildman–Crippen LogP) is 1.84. The molecule has 1 amide bonds. The first-order valence-corrected chi connectivity index (χ1v) is 6.98. The Balaban J connectivity index is 1.77. The van der Waals surface area contributed by atoms with Crippen LogP contribution in [0.25, 0.3) is 0 Å². The van der Waals surface area contributed by atoms with Crippen molar-refractivity contribution in [1.29, 1.82) is 0 Å². The Morgan fingerprint density at radius 1 is 1.20 bits per heavy atom. The Morgan fingerprint density at radius 3 is 2.70 bits per heavy atom. The van der Waals surface area contributed by atoms with Crippen LogP contribution in [-0.2, 0) is 4.79 Å². The topological polar surface area (TPSA) is 59.6 Å². The van der Waals surface area contributed by atoms with Crippen molar-refractivity contribution in [1.82, 2.24) is 10.6 Å². The number of nitrogens with one attached hydrogen (secondary N) is 2. The Morgan fingerprint density at radius 2 is 1.95 bits per heavy atom. The highest BCUT2D eigenvalue weighted by molar-refractivity contribution is 5.77. The van der Waals surface area contributed by atoms with Gasteiger partial charge in [-0.2, -0.15) is 0 Å². The van der Waals surface area contributed by atoms with Gasteiger partial charge in [-0.15, -0.1) is 0 Å². The first kappa shape index (κ1) is 14.7. The lowest BCUT2D eigenvalue weighted by Gasteiger charge is -2.15. The molecule has 1 aliphatic rings. The van der Waals surface area contributed by atoms with E-state index in [2.05, 4.69) is 17.6 Å². The van der Waals surface area contributed by atoms with Crippen LogP contribution in [0.1, 0.15) is 32.4 Å². The van der Waals surface area contributed by atoms with Gasteiger partial charge in [-0.3, -0.25) is 4.79 Å². The molecule has 0 aliphatic carbocycles. The molecule has 0 spiro atoms. The molecule has 1 heterocycles. The highest BCUT2D eigenvalue weighted by Crippen LogP contribution is 2.33. The molecule has 5 heteroatoms. The molecule has 2 rings (SSSR count). The average molecular weight is 278 g/mol. The molecule has 110 valence electrons. The monoisotopic (exact) mass is 278 g/mol. The molecular formula is C15H22N2O3. The van der Waals surface area contributed by atoms with Gasteiger partial charge in [-0.05, 0) is 24.6 Å². The zero-order chi connectivity index (χ0) is 14.5. The fourth-order valence-electron chi connectivity index (χ4n) is 1.98. The van der Waals surface area contributed by atoms with E-state index in [-0.39, 0.29) is 17.9 Å². The molecule has 5 nitrogen and oxygen atoms in total. The number of carbonyl (C=O) groups is 1. The second-order valence-corrected chi connectivity index (χ2v) is 5.23. The summed E-state index contributed by atoms with van der Waals surface area (Å²) in [6, 6.07) is 6.14. The van der Waals surface area contributed by atoms with Gasteiger partial charge in [0.2, 0.25) is 12.7 Å². The zero-order valence-electron chi connectivity index (χ0n) is 12.2. The molecule has 0 saturated carbocycles. The standard InChI is InChI=1S/C15H22N2O3/c1-10(2)15(18)17-7-6-16-11(3)12-4-5-13-14(8-12)20-9-19-13/h4-5,8,10-11,16H,6-7,9H2,1-3H3,(H,17,18). The minimum atomic E-state index is 0.0290. The van der Waals surface area contributed by atoms with Gasteiger partial charge in [0, 0.05) is 25.0 Å². The Kier molecular flexibility index (Phi) is 4.84. The summed E-state index contributed by atoms with van der Waals surface area (Å²) in [5.41, 5.74) is 1.14. The maximum atomic E-state index is 11.4. The number of fused-ring (bicyclic) bond motifs is 1. The first-order valence-electron chi connectivity index (χ1n) is 6.98. The summed E-state index contributed by atoms with van der Waals surface area (Å²) in [5.74, 6) is 1.71. The maximum absolute atomic E-state index is 11.4. The van der Waals surface area contributed by atoms with Crippen molar-refractivity contribution < 1.29 is 14.3 Å². The number of amides is 1. The second-order valence-electron chi connectivity index (χ2n) is 5.23. The molecule has 0 fully saturated rings. The largest absolute Gasteiger partial charge is 0.454 e. The highest BCUT2D eigenvalue weighted by atomic mass is 16.7. The number of hydrogen-bond acceptors (Lipinski definition) is 4. The van der Waals surface area contributed by atoms with Crippen molar-refractivity contribution in [2.24, 2.45) is 5.92 Å². The molecular weight excluding hydrogens is 256 g/mol. The molecule has 1 aliphatic heterocycles. The maximum Gasteiger partial charge on any atom is 0.231 e. The van der Waals surface area contributed by atoms with Gasteiger partial charge < -0.3 is 20.1 Å². The molecule has 1 aromatic rings. The Labute approximate surface area is 119 Å². The fraction of sp³-hybridized carbons (Fsp3) is 0.533. The van der Waals surface area contributed by atoms with E-state index in [1.54, 1.807) is 0 Å². The number of rotatable bonds is 6. The molecule has 1 atom stereocenters. The lowest BCUT2D eigenvalue weighted by atomic mass is 10.1. The summed E-state index contributed by atoms with van der Waals surface area (Å²) in [6.07, 6.45) is 0. The van der Waals surface area contributed by atoms with Crippen LogP contribution < -0.4 is 20.1 Å². The highest BCUT2D eigenvalue weighted by Gasteiger charge is 2.15. The van der Waals surface area contributed by atoms with Crippen molar-refractivity contribution in [2.45, 2.75) is 26.8 Å².